The molecule has 0 aromatic heterocycles. The summed E-state index contributed by atoms with van der Waals surface area (Å²) < 4.78 is 0. The van der Waals surface area contributed by atoms with Crippen molar-refractivity contribution < 1.29 is 14.7 Å². The summed E-state index contributed by atoms with van der Waals surface area (Å²) in [7, 11) is 2.08. The largest absolute Gasteiger partial charge is 0.481 e. The topological polar surface area (TPSA) is 72.9 Å². The van der Waals surface area contributed by atoms with Crippen molar-refractivity contribution >= 4 is 12.0 Å². The molecule has 3 atom stereocenters. The molecule has 0 radical (unpaired) electrons. The zero-order valence-corrected chi connectivity index (χ0v) is 12.9. The first-order valence-electron chi connectivity index (χ1n) is 7.31. The number of carbonyl (C=O) groups is 2. The SMILES string of the molecule is CCN(CC(C)C(=O)O)C(=O)NC1CCN(C)CC1C. The highest BCUT2D eigenvalue weighted by Crippen LogP contribution is 2.15. The van der Waals surface area contributed by atoms with Crippen LogP contribution in [0.5, 0.6) is 0 Å². The van der Waals surface area contributed by atoms with E-state index in [4.69, 9.17) is 5.11 Å². The molecule has 1 heterocycles. The van der Waals surface area contributed by atoms with E-state index in [1.165, 1.54) is 0 Å². The van der Waals surface area contributed by atoms with Crippen molar-refractivity contribution in [1.29, 1.82) is 0 Å². The molecule has 20 heavy (non-hydrogen) atoms. The fourth-order valence-corrected chi connectivity index (χ4v) is 2.58. The van der Waals surface area contributed by atoms with E-state index in [0.717, 1.165) is 19.5 Å². The van der Waals surface area contributed by atoms with Crippen LogP contribution in [0.15, 0.2) is 0 Å². The number of carboxylic acid groups (broad SMARTS) is 1. The Hall–Kier alpha value is -1.30. The molecule has 1 saturated heterocycles. The number of urea groups is 1. The molecule has 116 valence electrons. The van der Waals surface area contributed by atoms with Gasteiger partial charge in [-0.05, 0) is 32.9 Å². The van der Waals surface area contributed by atoms with Crippen molar-refractivity contribution in [3.63, 3.8) is 0 Å². The van der Waals surface area contributed by atoms with Gasteiger partial charge in [0.25, 0.3) is 0 Å². The first-order valence-corrected chi connectivity index (χ1v) is 7.31. The van der Waals surface area contributed by atoms with Gasteiger partial charge in [0.05, 0.1) is 5.92 Å². The minimum atomic E-state index is -0.871. The van der Waals surface area contributed by atoms with E-state index in [9.17, 15) is 9.59 Å². The second kappa shape index (κ2) is 7.47. The van der Waals surface area contributed by atoms with Crippen molar-refractivity contribution in [3.05, 3.63) is 0 Å². The van der Waals surface area contributed by atoms with Crippen LogP contribution in [0, 0.1) is 11.8 Å². The Bertz CT molecular complexity index is 349. The molecule has 0 saturated carbocycles. The van der Waals surface area contributed by atoms with Crippen LogP contribution in [-0.2, 0) is 4.79 Å². The van der Waals surface area contributed by atoms with Gasteiger partial charge in [-0.25, -0.2) is 4.79 Å². The number of nitrogens with zero attached hydrogens (tertiary/aromatic N) is 2. The van der Waals surface area contributed by atoms with E-state index < -0.39 is 11.9 Å². The maximum absolute atomic E-state index is 12.2. The number of carboxylic acids is 1. The van der Waals surface area contributed by atoms with Gasteiger partial charge >= 0.3 is 12.0 Å². The monoisotopic (exact) mass is 285 g/mol. The lowest BCUT2D eigenvalue weighted by molar-refractivity contribution is -0.141. The third-order valence-corrected chi connectivity index (χ3v) is 4.00. The molecular weight excluding hydrogens is 258 g/mol. The summed E-state index contributed by atoms with van der Waals surface area (Å²) in [4.78, 5) is 27.0. The molecule has 0 aliphatic carbocycles. The molecule has 0 aromatic rings. The van der Waals surface area contributed by atoms with E-state index in [2.05, 4.69) is 24.2 Å². The molecule has 3 unspecified atom stereocenters. The van der Waals surface area contributed by atoms with E-state index in [0.29, 0.717) is 12.5 Å². The average molecular weight is 285 g/mol. The molecule has 1 fully saturated rings. The summed E-state index contributed by atoms with van der Waals surface area (Å²) in [5.74, 6) is -1.01. The molecule has 2 N–H and O–H groups in total. The zero-order chi connectivity index (χ0) is 15.3. The van der Waals surface area contributed by atoms with Crippen LogP contribution in [0.2, 0.25) is 0 Å². The Morgan fingerprint density at radius 1 is 1.50 bits per heavy atom. The fraction of sp³-hybridized carbons (Fsp3) is 0.857. The predicted molar refractivity (Wildman–Crippen MR) is 77.6 cm³/mol. The number of carbonyl (C=O) groups excluding carboxylic acids is 1. The molecule has 1 aliphatic rings. The van der Waals surface area contributed by atoms with Gasteiger partial charge in [0.1, 0.15) is 0 Å². The number of amides is 2. The summed E-state index contributed by atoms with van der Waals surface area (Å²) in [5.41, 5.74) is 0. The number of nitrogens with one attached hydrogen (secondary N) is 1. The number of rotatable bonds is 5. The summed E-state index contributed by atoms with van der Waals surface area (Å²) in [6.07, 6.45) is 0.940. The Kier molecular flexibility index (Phi) is 6.26. The van der Waals surface area contributed by atoms with Crippen molar-refractivity contribution in [2.45, 2.75) is 33.2 Å². The molecule has 0 bridgehead atoms. The molecule has 1 aliphatic heterocycles. The highest BCUT2D eigenvalue weighted by Gasteiger charge is 2.27. The Balaban J connectivity index is 2.52. The van der Waals surface area contributed by atoms with Gasteiger partial charge in [-0.15, -0.1) is 0 Å². The smallest absolute Gasteiger partial charge is 0.317 e. The lowest BCUT2D eigenvalue weighted by Crippen LogP contribution is -2.53. The van der Waals surface area contributed by atoms with Crippen LogP contribution in [0.1, 0.15) is 27.2 Å². The Morgan fingerprint density at radius 3 is 2.65 bits per heavy atom. The highest BCUT2D eigenvalue weighted by molar-refractivity contribution is 5.76. The minimum absolute atomic E-state index is 0.151. The van der Waals surface area contributed by atoms with Crippen molar-refractivity contribution in [1.82, 2.24) is 15.1 Å². The first-order chi connectivity index (χ1) is 9.35. The number of likely N-dealkylation sites (tertiary alicyclic amines) is 1. The summed E-state index contributed by atoms with van der Waals surface area (Å²) >= 11 is 0. The third-order valence-electron chi connectivity index (χ3n) is 4.00. The fourth-order valence-electron chi connectivity index (χ4n) is 2.58. The lowest BCUT2D eigenvalue weighted by atomic mass is 9.94. The first kappa shape index (κ1) is 16.8. The highest BCUT2D eigenvalue weighted by atomic mass is 16.4. The third kappa shape index (κ3) is 4.67. The molecular formula is C14H27N3O3. The molecule has 6 heteroatoms. The van der Waals surface area contributed by atoms with Gasteiger partial charge in [-0.3, -0.25) is 4.79 Å². The minimum Gasteiger partial charge on any atom is -0.481 e. The second-order valence-corrected chi connectivity index (χ2v) is 5.86. The molecule has 0 aromatic carbocycles. The van der Waals surface area contributed by atoms with Crippen molar-refractivity contribution in [3.8, 4) is 0 Å². The normalized spacial score (nSPS) is 25.0. The van der Waals surface area contributed by atoms with Gasteiger partial charge in [0, 0.05) is 25.7 Å². The van der Waals surface area contributed by atoms with Crippen LogP contribution >= 0.6 is 0 Å². The number of hydrogen-bond donors (Lipinski definition) is 2. The van der Waals surface area contributed by atoms with Crippen LogP contribution in [0.25, 0.3) is 0 Å². The predicted octanol–water partition coefficient (Wildman–Crippen LogP) is 1.08. The zero-order valence-electron chi connectivity index (χ0n) is 12.9. The van der Waals surface area contributed by atoms with Gasteiger partial charge < -0.3 is 20.2 Å². The van der Waals surface area contributed by atoms with Crippen LogP contribution in [0.4, 0.5) is 4.79 Å². The van der Waals surface area contributed by atoms with Gasteiger partial charge in [0.2, 0.25) is 0 Å². The lowest BCUT2D eigenvalue weighted by Gasteiger charge is -2.36. The molecule has 2 amide bonds. The number of aliphatic carboxylic acids is 1. The van der Waals surface area contributed by atoms with E-state index >= 15 is 0 Å². The van der Waals surface area contributed by atoms with E-state index in [-0.39, 0.29) is 18.6 Å². The Morgan fingerprint density at radius 2 is 2.15 bits per heavy atom. The van der Waals surface area contributed by atoms with Crippen LogP contribution in [0.3, 0.4) is 0 Å². The summed E-state index contributed by atoms with van der Waals surface area (Å²) in [6.45, 7) is 8.35. The quantitative estimate of drug-likeness (QED) is 0.793. The summed E-state index contributed by atoms with van der Waals surface area (Å²) in [5, 5.41) is 12.0. The van der Waals surface area contributed by atoms with Crippen LogP contribution < -0.4 is 5.32 Å². The number of piperidine rings is 1. The van der Waals surface area contributed by atoms with Crippen LogP contribution in [-0.4, -0.2) is 66.2 Å². The van der Waals surface area contributed by atoms with E-state index in [1.54, 1.807) is 11.8 Å². The van der Waals surface area contributed by atoms with Crippen molar-refractivity contribution in [2.24, 2.45) is 11.8 Å². The number of hydrogen-bond acceptors (Lipinski definition) is 3. The Labute approximate surface area is 121 Å². The average Bonchev–Trinajstić information content (AvgIpc) is 2.38. The molecule has 1 rings (SSSR count). The maximum Gasteiger partial charge on any atom is 0.317 e. The molecule has 0 spiro atoms. The van der Waals surface area contributed by atoms with Gasteiger partial charge in [0.15, 0.2) is 0 Å². The summed E-state index contributed by atoms with van der Waals surface area (Å²) in [6, 6.07) is 0.0230. The van der Waals surface area contributed by atoms with Gasteiger partial charge in [-0.1, -0.05) is 13.8 Å². The van der Waals surface area contributed by atoms with E-state index in [1.807, 2.05) is 6.92 Å². The second-order valence-electron chi connectivity index (χ2n) is 5.86. The standard InChI is InChI=1S/C14H27N3O3/c1-5-17(9-11(3)13(18)19)14(20)15-12-6-7-16(4)8-10(12)2/h10-12H,5-9H2,1-4H3,(H,15,20)(H,18,19). The molecule has 6 nitrogen and oxygen atoms in total. The maximum atomic E-state index is 12.2. The van der Waals surface area contributed by atoms with Crippen molar-refractivity contribution in [2.75, 3.05) is 33.2 Å². The van der Waals surface area contributed by atoms with Gasteiger partial charge in [-0.2, -0.15) is 0 Å².